The van der Waals surface area contributed by atoms with Crippen molar-refractivity contribution in [1.29, 1.82) is 0 Å². The van der Waals surface area contributed by atoms with Gasteiger partial charge in [0.2, 0.25) is 0 Å². The Kier molecular flexibility index (Phi) is 7.13. The van der Waals surface area contributed by atoms with Crippen LogP contribution in [0.5, 0.6) is 0 Å². The molecule has 0 aromatic heterocycles. The number of hydrogen-bond acceptors (Lipinski definition) is 7. The molecule has 148 valence electrons. The van der Waals surface area contributed by atoms with Gasteiger partial charge in [0.1, 0.15) is 0 Å². The van der Waals surface area contributed by atoms with Crippen LogP contribution in [-0.2, 0) is 14.3 Å². The fraction of sp³-hybridized carbons (Fsp3) is 0.812. The summed E-state index contributed by atoms with van der Waals surface area (Å²) >= 11 is 1.69. The zero-order chi connectivity index (χ0) is 19.3. The van der Waals surface area contributed by atoms with Crippen molar-refractivity contribution in [2.45, 2.75) is 74.9 Å². The first kappa shape index (κ1) is 20.8. The van der Waals surface area contributed by atoms with Gasteiger partial charge >= 0.3 is 18.0 Å². The molecule has 0 aliphatic carbocycles. The number of rotatable bonds is 10. The monoisotopic (exact) mass is 389 g/mol. The highest BCUT2D eigenvalue weighted by Crippen LogP contribution is 2.36. The van der Waals surface area contributed by atoms with Crippen LogP contribution in [0.3, 0.4) is 0 Å². The van der Waals surface area contributed by atoms with Gasteiger partial charge in [-0.05, 0) is 19.3 Å². The lowest BCUT2D eigenvalue weighted by Gasteiger charge is -2.24. The fourth-order valence-electron chi connectivity index (χ4n) is 3.26. The number of nitrogens with two attached hydrogens (primary N) is 1. The number of carboxylic acid groups (broad SMARTS) is 1. The van der Waals surface area contributed by atoms with Crippen LogP contribution in [0.1, 0.15) is 51.9 Å². The highest BCUT2D eigenvalue weighted by molar-refractivity contribution is 8.00. The predicted octanol–water partition coefficient (Wildman–Crippen LogP) is 1.29. The van der Waals surface area contributed by atoms with Gasteiger partial charge < -0.3 is 15.2 Å². The van der Waals surface area contributed by atoms with Crippen LogP contribution < -0.4 is 11.1 Å². The molecule has 9 nitrogen and oxygen atoms in total. The number of aliphatic carboxylic acids is 1. The molecule has 5 N–H and O–H groups in total. The minimum atomic E-state index is -1.96. The summed E-state index contributed by atoms with van der Waals surface area (Å²) in [6.07, 6.45) is 3.46. The number of ether oxygens (including phenoxy) is 1. The topological polar surface area (TPSA) is 142 Å². The zero-order valence-corrected chi connectivity index (χ0v) is 15.7. The molecule has 0 aromatic rings. The average molecular weight is 389 g/mol. The molecular formula is C16H27N3O6S. The summed E-state index contributed by atoms with van der Waals surface area (Å²) in [5, 5.41) is 22.6. The quantitative estimate of drug-likeness (QED) is 0.144. The zero-order valence-electron chi connectivity index (χ0n) is 14.8. The van der Waals surface area contributed by atoms with Crippen molar-refractivity contribution >= 4 is 29.7 Å². The van der Waals surface area contributed by atoms with Crippen molar-refractivity contribution < 1.29 is 29.4 Å². The van der Waals surface area contributed by atoms with Gasteiger partial charge in [-0.1, -0.05) is 19.8 Å². The second-order valence-electron chi connectivity index (χ2n) is 6.78. The van der Waals surface area contributed by atoms with Crippen molar-refractivity contribution in [3.05, 3.63) is 0 Å². The molecular weight excluding hydrogens is 362 g/mol. The number of thioether (sulfide) groups is 1. The summed E-state index contributed by atoms with van der Waals surface area (Å²) in [6, 6.07) is -0.745. The van der Waals surface area contributed by atoms with Crippen molar-refractivity contribution in [3.63, 3.8) is 0 Å². The Bertz CT molecular complexity index is 548. The second-order valence-corrected chi connectivity index (χ2v) is 8.05. The van der Waals surface area contributed by atoms with Crippen molar-refractivity contribution in [3.8, 4) is 0 Å². The van der Waals surface area contributed by atoms with Crippen molar-refractivity contribution in [1.82, 2.24) is 10.4 Å². The van der Waals surface area contributed by atoms with Gasteiger partial charge in [-0.15, -0.1) is 0 Å². The number of nitrogens with zero attached hydrogens (tertiary/aromatic N) is 1. The normalized spacial score (nSPS) is 27.0. The maximum absolute atomic E-state index is 11.9. The van der Waals surface area contributed by atoms with E-state index < -0.39 is 23.7 Å². The van der Waals surface area contributed by atoms with Gasteiger partial charge in [-0.25, -0.2) is 9.59 Å². The molecule has 4 atom stereocenters. The minimum Gasteiger partial charge on any atom is -0.477 e. The first-order valence-electron chi connectivity index (χ1n) is 8.93. The van der Waals surface area contributed by atoms with Crippen LogP contribution in [-0.4, -0.2) is 62.2 Å². The van der Waals surface area contributed by atoms with Crippen LogP contribution >= 0.6 is 11.8 Å². The summed E-state index contributed by atoms with van der Waals surface area (Å²) in [5.41, 5.74) is 3.74. The number of nitrogens with one attached hydrogen (secondary N) is 1. The van der Waals surface area contributed by atoms with E-state index in [0.717, 1.165) is 23.7 Å². The third-order valence-corrected chi connectivity index (χ3v) is 6.26. The van der Waals surface area contributed by atoms with Gasteiger partial charge in [-0.2, -0.15) is 16.8 Å². The Morgan fingerprint density at radius 1 is 1.42 bits per heavy atom. The number of amides is 2. The van der Waals surface area contributed by atoms with Crippen LogP contribution in [0.25, 0.3) is 0 Å². The average Bonchev–Trinajstić information content (AvgIpc) is 3.10. The molecule has 0 saturated carbocycles. The van der Waals surface area contributed by atoms with Crippen LogP contribution in [0.4, 0.5) is 4.79 Å². The molecule has 0 radical (unpaired) electrons. The molecule has 2 aliphatic heterocycles. The van der Waals surface area contributed by atoms with E-state index in [0.29, 0.717) is 19.3 Å². The Balaban J connectivity index is 1.71. The Hall–Kier alpha value is -1.52. The molecule has 0 spiro atoms. The Labute approximate surface area is 156 Å². The number of esters is 1. The molecule has 2 amide bonds. The molecule has 10 heteroatoms. The van der Waals surface area contributed by atoms with E-state index in [2.05, 4.69) is 5.32 Å². The van der Waals surface area contributed by atoms with Gasteiger partial charge in [0, 0.05) is 23.8 Å². The predicted molar refractivity (Wildman–Crippen MR) is 94.6 cm³/mol. The number of carbonyl (C=O) groups excluding carboxylic acids is 2. The maximum Gasteiger partial charge on any atom is 0.363 e. The second kappa shape index (κ2) is 8.92. The van der Waals surface area contributed by atoms with Crippen LogP contribution in [0, 0.1) is 0 Å². The fourth-order valence-corrected chi connectivity index (χ4v) is 4.83. The van der Waals surface area contributed by atoms with Crippen molar-refractivity contribution in [2.24, 2.45) is 5.73 Å². The summed E-state index contributed by atoms with van der Waals surface area (Å²) < 4.78 is 5.01. The lowest BCUT2D eigenvalue weighted by Crippen LogP contribution is -2.51. The van der Waals surface area contributed by atoms with E-state index in [1.54, 1.807) is 11.8 Å². The van der Waals surface area contributed by atoms with Gasteiger partial charge in [0.25, 0.3) is 5.72 Å². The number of unbranched alkanes of at least 4 members (excludes halogenated alkanes) is 2. The van der Waals surface area contributed by atoms with E-state index >= 15 is 0 Å². The molecule has 0 bridgehead atoms. The van der Waals surface area contributed by atoms with E-state index in [1.165, 1.54) is 0 Å². The number of hydrogen-bond donors (Lipinski definition) is 4. The summed E-state index contributed by atoms with van der Waals surface area (Å²) in [4.78, 5) is 34.6. The molecule has 26 heavy (non-hydrogen) atoms. The third kappa shape index (κ3) is 4.80. The third-order valence-electron chi connectivity index (χ3n) is 4.76. The molecule has 1 unspecified atom stereocenters. The Morgan fingerprint density at radius 3 is 2.81 bits per heavy atom. The summed E-state index contributed by atoms with van der Waals surface area (Å²) in [5.74, 6) is -1.20. The van der Waals surface area contributed by atoms with Crippen molar-refractivity contribution in [2.75, 3.05) is 5.75 Å². The number of carboxylic acids is 1. The van der Waals surface area contributed by atoms with E-state index in [-0.39, 0.29) is 30.2 Å². The molecule has 0 aromatic carbocycles. The van der Waals surface area contributed by atoms with Gasteiger partial charge in [0.15, 0.2) is 0 Å². The van der Waals surface area contributed by atoms with Crippen LogP contribution in [0.2, 0.25) is 0 Å². The van der Waals surface area contributed by atoms with E-state index in [4.69, 9.17) is 10.5 Å². The summed E-state index contributed by atoms with van der Waals surface area (Å²) in [7, 11) is 0. The van der Waals surface area contributed by atoms with E-state index in [9.17, 15) is 24.7 Å². The number of carbonyl (C=O) groups is 3. The Morgan fingerprint density at radius 2 is 2.15 bits per heavy atom. The molecule has 2 fully saturated rings. The largest absolute Gasteiger partial charge is 0.477 e. The minimum absolute atomic E-state index is 0.0422. The first-order chi connectivity index (χ1) is 12.3. The number of fused-ring (bicyclic) bond motifs is 1. The molecule has 2 rings (SSSR count). The highest BCUT2D eigenvalue weighted by Gasteiger charge is 2.48. The lowest BCUT2D eigenvalue weighted by atomic mass is 10.0. The number of hydroxylamine groups is 2. The lowest BCUT2D eigenvalue weighted by molar-refractivity contribution is -0.179. The van der Waals surface area contributed by atoms with Gasteiger partial charge in [0.05, 0.1) is 12.1 Å². The number of urea groups is 1. The smallest absolute Gasteiger partial charge is 0.363 e. The first-order valence-corrected chi connectivity index (χ1v) is 9.97. The van der Waals surface area contributed by atoms with E-state index in [1.807, 2.05) is 6.92 Å². The SMILES string of the molecule is CCCCC(N)(OC(=O)CCCC[C@H]1SC[C@H]2NC(=O)N(O)[C@H]21)C(=O)O. The molecule has 2 saturated heterocycles. The summed E-state index contributed by atoms with van der Waals surface area (Å²) in [6.45, 7) is 1.90. The molecule has 2 heterocycles. The maximum atomic E-state index is 11.9. The van der Waals surface area contributed by atoms with Gasteiger partial charge in [-0.3, -0.25) is 15.7 Å². The van der Waals surface area contributed by atoms with Crippen LogP contribution in [0.15, 0.2) is 0 Å². The standard InChI is InChI=1S/C16H27N3O6S/c1-2-3-8-16(17,14(21)22)25-12(20)7-5-4-6-11-13-10(9-26-11)18-15(23)19(13)24/h10-11,13,24H,2-9,17H2,1H3,(H,18,23)(H,21,22)/t10-,11-,13-,16?/m1/s1. The molecule has 2 aliphatic rings. The highest BCUT2D eigenvalue weighted by atomic mass is 32.2.